The molecule has 0 amide bonds. The average molecular weight is 960 g/mol. The van der Waals surface area contributed by atoms with Crippen LogP contribution in [0.5, 0.6) is 23.0 Å². The Balaban J connectivity index is 0.000000201. The first kappa shape index (κ1) is 39.9. The highest BCUT2D eigenvalue weighted by molar-refractivity contribution is 9.11. The lowest BCUT2D eigenvalue weighted by atomic mass is 9.91. The molecule has 4 aromatic carbocycles. The largest absolute Gasteiger partial charge is 0.507 e. The molecule has 0 heterocycles. The molecule has 0 saturated heterocycles. The van der Waals surface area contributed by atoms with Gasteiger partial charge in [0.05, 0.1) is 24.2 Å². The van der Waals surface area contributed by atoms with Crippen molar-refractivity contribution in [3.05, 3.63) is 113 Å². The minimum Gasteiger partial charge on any atom is -0.507 e. The Kier molecular flexibility index (Phi) is 15.1. The van der Waals surface area contributed by atoms with Crippen LogP contribution < -0.4 is 0 Å². The predicted molar refractivity (Wildman–Crippen MR) is 226 cm³/mol. The maximum absolute atomic E-state index is 9.96. The first-order chi connectivity index (χ1) is 25.0. The van der Waals surface area contributed by atoms with Crippen LogP contribution in [0, 0.1) is 0 Å². The second-order valence-corrected chi connectivity index (χ2v) is 16.4. The van der Waals surface area contributed by atoms with Crippen molar-refractivity contribution < 1.29 is 20.4 Å². The van der Waals surface area contributed by atoms with Crippen LogP contribution in [0.4, 0.5) is 0 Å². The van der Waals surface area contributed by atoms with E-state index in [9.17, 15) is 20.4 Å². The molecule has 4 aromatic rings. The van der Waals surface area contributed by atoms with Crippen LogP contribution in [-0.2, 0) is 0 Å². The fraction of sp³-hybridized carbons (Fsp3) is 0.300. The molecule has 272 valence electrons. The van der Waals surface area contributed by atoms with Gasteiger partial charge in [-0.2, -0.15) is 0 Å². The van der Waals surface area contributed by atoms with Gasteiger partial charge < -0.3 is 20.4 Å². The maximum atomic E-state index is 9.96. The second kappa shape index (κ2) is 19.7. The van der Waals surface area contributed by atoms with Crippen molar-refractivity contribution in [2.24, 2.45) is 20.0 Å². The number of phenols is 4. The van der Waals surface area contributed by atoms with Crippen LogP contribution in [0.1, 0.15) is 73.6 Å². The summed E-state index contributed by atoms with van der Waals surface area (Å²) in [6.07, 6.45) is 15.3. The lowest BCUT2D eigenvalue weighted by molar-refractivity contribution is 0.390. The standard InChI is InChI=1S/2C20H20Br2N2O2/c2*21-15-5-7-19(25)13(9-15)11-23-17-3-1-2-4-18(17)24-12-14-10-16(22)6-8-20(14)26/h2*5-12,17-18,25-26H,1-4H2/t2*17-,18-/m10/s1. The van der Waals surface area contributed by atoms with E-state index < -0.39 is 0 Å². The minimum absolute atomic E-state index is 0.0766. The second-order valence-electron chi connectivity index (χ2n) is 12.8. The zero-order valence-electron chi connectivity index (χ0n) is 28.3. The first-order valence-electron chi connectivity index (χ1n) is 17.1. The van der Waals surface area contributed by atoms with Crippen LogP contribution in [0.3, 0.4) is 0 Å². The van der Waals surface area contributed by atoms with Gasteiger partial charge in [0.1, 0.15) is 23.0 Å². The van der Waals surface area contributed by atoms with E-state index in [1.165, 1.54) is 0 Å². The fourth-order valence-corrected chi connectivity index (χ4v) is 7.61. The SMILES string of the molecule is Oc1ccc(Br)cc1C=N[C@@H]1CCCC[C@H]1N=Cc1cc(Br)ccc1O.Oc1ccc(Br)cc1C=N[C@H]1CCCC[C@@H]1N=Cc1cc(Br)ccc1O. The number of benzene rings is 4. The number of nitrogens with zero attached hydrogens (tertiary/aromatic N) is 4. The minimum atomic E-state index is 0.0766. The van der Waals surface area contributed by atoms with Gasteiger partial charge in [0, 0.05) is 65.0 Å². The van der Waals surface area contributed by atoms with Gasteiger partial charge >= 0.3 is 0 Å². The molecule has 6 rings (SSSR count). The molecule has 2 fully saturated rings. The van der Waals surface area contributed by atoms with Crippen molar-refractivity contribution in [3.63, 3.8) is 0 Å². The highest BCUT2D eigenvalue weighted by Gasteiger charge is 2.24. The van der Waals surface area contributed by atoms with Gasteiger partial charge in [0.2, 0.25) is 0 Å². The van der Waals surface area contributed by atoms with Crippen molar-refractivity contribution in [1.82, 2.24) is 0 Å². The molecule has 0 spiro atoms. The number of hydrogen-bond acceptors (Lipinski definition) is 8. The summed E-state index contributed by atoms with van der Waals surface area (Å²) in [5, 5.41) is 39.9. The van der Waals surface area contributed by atoms with E-state index in [4.69, 9.17) is 20.0 Å². The molecule has 0 radical (unpaired) electrons. The Hall–Kier alpha value is -3.32. The molecule has 2 aliphatic carbocycles. The Bertz CT molecular complexity index is 1670. The summed E-state index contributed by atoms with van der Waals surface area (Å²) < 4.78 is 3.61. The van der Waals surface area contributed by atoms with Crippen LogP contribution in [-0.4, -0.2) is 69.5 Å². The molecule has 0 aromatic heterocycles. The van der Waals surface area contributed by atoms with E-state index in [0.29, 0.717) is 22.3 Å². The summed E-state index contributed by atoms with van der Waals surface area (Å²) in [6, 6.07) is 21.5. The highest BCUT2D eigenvalue weighted by Crippen LogP contribution is 2.29. The van der Waals surface area contributed by atoms with Crippen LogP contribution in [0.25, 0.3) is 0 Å². The summed E-state index contributed by atoms with van der Waals surface area (Å²) in [5.41, 5.74) is 2.77. The Morgan fingerprint density at radius 1 is 0.385 bits per heavy atom. The summed E-state index contributed by atoms with van der Waals surface area (Å²) in [6.45, 7) is 0. The van der Waals surface area contributed by atoms with Gasteiger partial charge in [-0.25, -0.2) is 0 Å². The Labute approximate surface area is 338 Å². The van der Waals surface area contributed by atoms with Gasteiger partial charge in [-0.15, -0.1) is 0 Å². The molecular weight excluding hydrogens is 920 g/mol. The molecule has 0 unspecified atom stereocenters. The molecule has 52 heavy (non-hydrogen) atoms. The normalized spacial score (nSPS) is 20.8. The number of aromatic hydroxyl groups is 4. The van der Waals surface area contributed by atoms with Crippen molar-refractivity contribution in [2.45, 2.75) is 75.5 Å². The van der Waals surface area contributed by atoms with Crippen LogP contribution in [0.15, 0.2) is 111 Å². The zero-order valence-corrected chi connectivity index (χ0v) is 34.6. The molecule has 4 N–H and O–H groups in total. The predicted octanol–water partition coefficient (Wildman–Crippen LogP) is 10.9. The molecule has 0 aliphatic heterocycles. The van der Waals surface area contributed by atoms with Crippen molar-refractivity contribution in [1.29, 1.82) is 0 Å². The molecule has 4 atom stereocenters. The lowest BCUT2D eigenvalue weighted by Crippen LogP contribution is -2.27. The van der Waals surface area contributed by atoms with E-state index in [1.807, 2.05) is 24.3 Å². The van der Waals surface area contributed by atoms with Gasteiger partial charge in [0.25, 0.3) is 0 Å². The number of phenolic OH excluding ortho intramolecular Hbond substituents is 4. The van der Waals surface area contributed by atoms with E-state index in [0.717, 1.165) is 69.3 Å². The number of halogens is 4. The average Bonchev–Trinajstić information content (AvgIpc) is 3.14. The molecule has 0 bridgehead atoms. The van der Waals surface area contributed by atoms with Gasteiger partial charge in [-0.3, -0.25) is 20.0 Å². The van der Waals surface area contributed by atoms with Crippen molar-refractivity contribution >= 4 is 88.6 Å². The summed E-state index contributed by atoms with van der Waals surface area (Å²) >= 11 is 13.7. The van der Waals surface area contributed by atoms with E-state index in [-0.39, 0.29) is 47.2 Å². The molecule has 2 saturated carbocycles. The third-order valence-corrected chi connectivity index (χ3v) is 10.9. The lowest BCUT2D eigenvalue weighted by Gasteiger charge is -2.25. The van der Waals surface area contributed by atoms with E-state index in [1.54, 1.807) is 73.4 Å². The Morgan fingerprint density at radius 3 is 0.808 bits per heavy atom. The van der Waals surface area contributed by atoms with Crippen molar-refractivity contribution in [3.8, 4) is 23.0 Å². The molecular formula is C40H40Br4N4O4. The Morgan fingerprint density at radius 2 is 0.596 bits per heavy atom. The first-order valence-corrected chi connectivity index (χ1v) is 20.3. The van der Waals surface area contributed by atoms with Gasteiger partial charge in [-0.1, -0.05) is 89.4 Å². The third kappa shape index (κ3) is 11.8. The monoisotopic (exact) mass is 956 g/mol. The smallest absolute Gasteiger partial charge is 0.124 e. The summed E-state index contributed by atoms with van der Waals surface area (Å²) in [5.74, 6) is 0.859. The molecule has 12 heteroatoms. The zero-order chi connectivity index (χ0) is 37.0. The maximum Gasteiger partial charge on any atom is 0.124 e. The van der Waals surface area contributed by atoms with E-state index in [2.05, 4.69) is 63.7 Å². The summed E-state index contributed by atoms with van der Waals surface area (Å²) in [7, 11) is 0. The number of aliphatic imine (C=N–C) groups is 4. The van der Waals surface area contributed by atoms with Gasteiger partial charge in [-0.05, 0) is 98.5 Å². The molecule has 2 aliphatic rings. The molecule has 8 nitrogen and oxygen atoms in total. The van der Waals surface area contributed by atoms with Crippen LogP contribution >= 0.6 is 63.7 Å². The highest BCUT2D eigenvalue weighted by atomic mass is 79.9. The topological polar surface area (TPSA) is 130 Å². The van der Waals surface area contributed by atoms with Crippen molar-refractivity contribution in [2.75, 3.05) is 0 Å². The van der Waals surface area contributed by atoms with Gasteiger partial charge in [0.15, 0.2) is 0 Å². The summed E-state index contributed by atoms with van der Waals surface area (Å²) in [4.78, 5) is 18.8. The number of hydrogen-bond donors (Lipinski definition) is 4. The number of rotatable bonds is 8. The quantitative estimate of drug-likeness (QED) is 0.131. The third-order valence-electron chi connectivity index (χ3n) is 8.97. The fourth-order valence-electron chi connectivity index (χ4n) is 6.10. The van der Waals surface area contributed by atoms with E-state index >= 15 is 0 Å². The van der Waals surface area contributed by atoms with Crippen LogP contribution in [0.2, 0.25) is 0 Å².